The van der Waals surface area contributed by atoms with Crippen molar-refractivity contribution in [2.45, 2.75) is 19.0 Å². The number of halogens is 1. The lowest BCUT2D eigenvalue weighted by atomic mass is 9.93. The van der Waals surface area contributed by atoms with Crippen molar-refractivity contribution in [3.8, 4) is 0 Å². The summed E-state index contributed by atoms with van der Waals surface area (Å²) in [6.45, 7) is 1.80. The lowest BCUT2D eigenvalue weighted by Crippen LogP contribution is -2.35. The van der Waals surface area contributed by atoms with E-state index in [1.807, 2.05) is 30.7 Å². The highest BCUT2D eigenvalue weighted by atomic mass is 35.5. The summed E-state index contributed by atoms with van der Waals surface area (Å²) < 4.78 is 10.6. The van der Waals surface area contributed by atoms with E-state index < -0.39 is 0 Å². The van der Waals surface area contributed by atoms with E-state index in [9.17, 15) is 0 Å². The standard InChI is InChI=1S/C20H17ClN2O2/c21-15-1-2-18-17(9-15)16-3-6-23(10-13-4-7-24-11-13)20(19(16)22-18)14-5-8-25-12-14/h1-2,4-5,7-9,11-12,20,22H,3,6,10H2. The summed E-state index contributed by atoms with van der Waals surface area (Å²) in [4.78, 5) is 6.08. The number of nitrogens with one attached hydrogen (secondary N) is 1. The van der Waals surface area contributed by atoms with Crippen LogP contribution in [0.5, 0.6) is 0 Å². The number of aromatic amines is 1. The normalized spacial score (nSPS) is 17.9. The van der Waals surface area contributed by atoms with Gasteiger partial charge in [0.15, 0.2) is 0 Å². The summed E-state index contributed by atoms with van der Waals surface area (Å²) in [5.41, 5.74) is 6.05. The zero-order valence-electron chi connectivity index (χ0n) is 13.5. The van der Waals surface area contributed by atoms with E-state index >= 15 is 0 Å². The van der Waals surface area contributed by atoms with E-state index in [0.29, 0.717) is 0 Å². The number of hydrogen-bond acceptors (Lipinski definition) is 3. The first kappa shape index (κ1) is 14.9. The molecule has 0 spiro atoms. The first-order chi connectivity index (χ1) is 12.3. The minimum Gasteiger partial charge on any atom is -0.472 e. The highest BCUT2D eigenvalue weighted by Crippen LogP contribution is 2.39. The number of nitrogens with zero attached hydrogens (tertiary/aromatic N) is 1. The van der Waals surface area contributed by atoms with Gasteiger partial charge in [-0.1, -0.05) is 11.6 Å². The lowest BCUT2D eigenvalue weighted by Gasteiger charge is -2.35. The van der Waals surface area contributed by atoms with Crippen molar-refractivity contribution < 1.29 is 8.83 Å². The third-order valence-corrected chi connectivity index (χ3v) is 5.25. The van der Waals surface area contributed by atoms with Gasteiger partial charge in [-0.25, -0.2) is 0 Å². The van der Waals surface area contributed by atoms with Crippen LogP contribution >= 0.6 is 11.6 Å². The average molecular weight is 353 g/mol. The van der Waals surface area contributed by atoms with Crippen LogP contribution < -0.4 is 0 Å². The van der Waals surface area contributed by atoms with Crippen LogP contribution in [0.2, 0.25) is 5.02 Å². The van der Waals surface area contributed by atoms with Gasteiger partial charge in [-0.05, 0) is 42.3 Å². The summed E-state index contributed by atoms with van der Waals surface area (Å²) in [5, 5.41) is 1.99. The molecule has 1 aliphatic rings. The summed E-state index contributed by atoms with van der Waals surface area (Å²) in [6.07, 6.45) is 8.09. The van der Waals surface area contributed by atoms with Gasteiger partial charge >= 0.3 is 0 Å². The number of hydrogen-bond donors (Lipinski definition) is 1. The van der Waals surface area contributed by atoms with Gasteiger partial charge < -0.3 is 13.8 Å². The maximum atomic E-state index is 6.23. The fourth-order valence-electron chi connectivity index (χ4n) is 3.91. The van der Waals surface area contributed by atoms with Crippen molar-refractivity contribution in [3.63, 3.8) is 0 Å². The maximum Gasteiger partial charge on any atom is 0.0954 e. The molecule has 5 heteroatoms. The maximum absolute atomic E-state index is 6.23. The Balaban J connectivity index is 1.64. The van der Waals surface area contributed by atoms with Gasteiger partial charge in [-0.15, -0.1) is 0 Å². The van der Waals surface area contributed by atoms with E-state index in [4.69, 9.17) is 20.4 Å². The average Bonchev–Trinajstić information content (AvgIpc) is 3.35. The quantitative estimate of drug-likeness (QED) is 0.554. The van der Waals surface area contributed by atoms with E-state index in [2.05, 4.69) is 22.0 Å². The highest BCUT2D eigenvalue weighted by molar-refractivity contribution is 6.31. The summed E-state index contributed by atoms with van der Waals surface area (Å²) in [7, 11) is 0. The summed E-state index contributed by atoms with van der Waals surface area (Å²) >= 11 is 6.23. The molecule has 0 radical (unpaired) electrons. The Hall–Kier alpha value is -2.43. The van der Waals surface area contributed by atoms with Crippen LogP contribution in [0.15, 0.2) is 64.2 Å². The molecule has 4 aromatic rings. The van der Waals surface area contributed by atoms with Crippen LogP contribution in [0.4, 0.5) is 0 Å². The van der Waals surface area contributed by atoms with Crippen LogP contribution in [-0.2, 0) is 13.0 Å². The van der Waals surface area contributed by atoms with Gasteiger partial charge in [-0.2, -0.15) is 0 Å². The number of aromatic nitrogens is 1. The Bertz CT molecular complexity index is 1000. The first-order valence-electron chi connectivity index (χ1n) is 8.37. The molecule has 1 aromatic carbocycles. The second-order valence-corrected chi connectivity index (χ2v) is 6.95. The predicted octanol–water partition coefficient (Wildman–Crippen LogP) is 5.16. The number of furan rings is 2. The SMILES string of the molecule is Clc1ccc2[nH]c3c(c2c1)CCN(Cc1ccoc1)C3c1ccoc1. The molecule has 0 bridgehead atoms. The molecule has 0 saturated heterocycles. The molecule has 0 fully saturated rings. The van der Waals surface area contributed by atoms with Crippen LogP contribution in [0.25, 0.3) is 10.9 Å². The van der Waals surface area contributed by atoms with Crippen molar-refractivity contribution in [3.05, 3.63) is 82.8 Å². The van der Waals surface area contributed by atoms with Gasteiger partial charge in [-0.3, -0.25) is 4.90 Å². The minimum absolute atomic E-state index is 0.128. The highest BCUT2D eigenvalue weighted by Gasteiger charge is 2.32. The Morgan fingerprint density at radius 2 is 2.00 bits per heavy atom. The molecule has 4 heterocycles. The molecule has 0 aliphatic carbocycles. The Labute approximate surface area is 150 Å². The third-order valence-electron chi connectivity index (χ3n) is 5.01. The van der Waals surface area contributed by atoms with Crippen molar-refractivity contribution >= 4 is 22.5 Å². The molecule has 0 amide bonds. The molecular formula is C20H17ClN2O2. The van der Waals surface area contributed by atoms with Gasteiger partial charge in [0, 0.05) is 45.8 Å². The third kappa shape index (κ3) is 2.49. The molecule has 1 aliphatic heterocycles. The number of benzene rings is 1. The first-order valence-corrected chi connectivity index (χ1v) is 8.74. The van der Waals surface area contributed by atoms with Crippen molar-refractivity contribution in [1.29, 1.82) is 0 Å². The second kappa shape index (κ2) is 5.83. The van der Waals surface area contributed by atoms with E-state index in [0.717, 1.165) is 35.6 Å². The predicted molar refractivity (Wildman–Crippen MR) is 96.7 cm³/mol. The second-order valence-electron chi connectivity index (χ2n) is 6.52. The van der Waals surface area contributed by atoms with E-state index in [-0.39, 0.29) is 6.04 Å². The Kier molecular flexibility index (Phi) is 3.47. The molecule has 126 valence electrons. The number of H-pyrrole nitrogens is 1. The lowest BCUT2D eigenvalue weighted by molar-refractivity contribution is 0.201. The van der Waals surface area contributed by atoms with Gasteiger partial charge in [0.1, 0.15) is 0 Å². The smallest absolute Gasteiger partial charge is 0.0954 e. The Morgan fingerprint density at radius 3 is 2.80 bits per heavy atom. The topological polar surface area (TPSA) is 45.3 Å². The molecule has 5 rings (SSSR count). The van der Waals surface area contributed by atoms with Gasteiger partial charge in [0.2, 0.25) is 0 Å². The van der Waals surface area contributed by atoms with E-state index in [1.165, 1.54) is 22.2 Å². The molecule has 0 saturated carbocycles. The van der Waals surface area contributed by atoms with Crippen molar-refractivity contribution in [2.75, 3.05) is 6.54 Å². The van der Waals surface area contributed by atoms with Gasteiger partial charge in [0.05, 0.1) is 31.1 Å². The van der Waals surface area contributed by atoms with Gasteiger partial charge in [0.25, 0.3) is 0 Å². The zero-order chi connectivity index (χ0) is 16.8. The zero-order valence-corrected chi connectivity index (χ0v) is 14.3. The van der Waals surface area contributed by atoms with Crippen LogP contribution in [0.3, 0.4) is 0 Å². The summed E-state index contributed by atoms with van der Waals surface area (Å²) in [5.74, 6) is 0. The Morgan fingerprint density at radius 1 is 1.12 bits per heavy atom. The van der Waals surface area contributed by atoms with E-state index in [1.54, 1.807) is 12.5 Å². The molecule has 25 heavy (non-hydrogen) atoms. The monoisotopic (exact) mass is 352 g/mol. The number of rotatable bonds is 3. The summed E-state index contributed by atoms with van der Waals surface area (Å²) in [6, 6.07) is 10.2. The minimum atomic E-state index is 0.128. The molecular weight excluding hydrogens is 336 g/mol. The van der Waals surface area contributed by atoms with Crippen molar-refractivity contribution in [1.82, 2.24) is 9.88 Å². The fraction of sp³-hybridized carbons (Fsp3) is 0.200. The van der Waals surface area contributed by atoms with Crippen LogP contribution in [-0.4, -0.2) is 16.4 Å². The fourth-order valence-corrected chi connectivity index (χ4v) is 4.08. The largest absolute Gasteiger partial charge is 0.472 e. The molecule has 1 N–H and O–H groups in total. The van der Waals surface area contributed by atoms with Crippen LogP contribution in [0.1, 0.15) is 28.4 Å². The molecule has 3 aromatic heterocycles. The molecule has 1 unspecified atom stereocenters. The molecule has 4 nitrogen and oxygen atoms in total. The molecule has 1 atom stereocenters. The van der Waals surface area contributed by atoms with Crippen LogP contribution in [0, 0.1) is 0 Å². The number of fused-ring (bicyclic) bond motifs is 3. The van der Waals surface area contributed by atoms with Crippen molar-refractivity contribution in [2.24, 2.45) is 0 Å².